The number of fused-ring (bicyclic) bond motifs is 1. The first-order valence-electron chi connectivity index (χ1n) is 8.60. The number of carboxylic acids is 1. The number of hydrogen-bond acceptors (Lipinski definition) is 4. The summed E-state index contributed by atoms with van der Waals surface area (Å²) in [5, 5.41) is 9.43. The molecule has 0 saturated carbocycles. The van der Waals surface area contributed by atoms with E-state index in [1.54, 1.807) is 6.07 Å². The van der Waals surface area contributed by atoms with Gasteiger partial charge in [0.15, 0.2) is 11.6 Å². The number of halogens is 3. The first-order valence-corrected chi connectivity index (χ1v) is 9.42. The van der Waals surface area contributed by atoms with Crippen LogP contribution in [0.4, 0.5) is 13.2 Å². The normalized spacial score (nSPS) is 11.1. The molecule has 0 radical (unpaired) electrons. The monoisotopic (exact) mass is 414 g/mol. The van der Waals surface area contributed by atoms with Gasteiger partial charge in [-0.1, -0.05) is 36.4 Å². The minimum atomic E-state index is -1.29. The lowest BCUT2D eigenvalue weighted by molar-refractivity contribution is -0.136. The smallest absolute Gasteiger partial charge is 0.307 e. The van der Waals surface area contributed by atoms with Crippen LogP contribution in [0.5, 0.6) is 0 Å². The zero-order valence-electron chi connectivity index (χ0n) is 14.8. The Bertz CT molecular complexity index is 1230. The fraction of sp³-hybridized carbons (Fsp3) is 0.0952. The van der Waals surface area contributed by atoms with E-state index in [2.05, 4.69) is 9.97 Å². The Morgan fingerprint density at radius 1 is 1.07 bits per heavy atom. The average Bonchev–Trinajstić information content (AvgIpc) is 3.11. The highest BCUT2D eigenvalue weighted by Gasteiger charge is 2.19. The third-order valence-electron chi connectivity index (χ3n) is 4.33. The van der Waals surface area contributed by atoms with Crippen molar-refractivity contribution in [2.75, 3.05) is 0 Å². The molecule has 29 heavy (non-hydrogen) atoms. The first-order chi connectivity index (χ1) is 13.9. The van der Waals surface area contributed by atoms with Crippen LogP contribution in [0.15, 0.2) is 48.7 Å². The van der Waals surface area contributed by atoms with E-state index in [0.29, 0.717) is 27.9 Å². The summed E-state index contributed by atoms with van der Waals surface area (Å²) in [5.41, 5.74) is 2.24. The molecule has 1 N–H and O–H groups in total. The highest BCUT2D eigenvalue weighted by Crippen LogP contribution is 2.32. The van der Waals surface area contributed by atoms with Crippen molar-refractivity contribution in [3.63, 3.8) is 0 Å². The van der Waals surface area contributed by atoms with Crippen LogP contribution in [0.2, 0.25) is 0 Å². The van der Waals surface area contributed by atoms with Crippen molar-refractivity contribution in [2.45, 2.75) is 12.8 Å². The molecule has 0 aliphatic heterocycles. The van der Waals surface area contributed by atoms with Crippen molar-refractivity contribution in [3.8, 4) is 11.3 Å². The summed E-state index contributed by atoms with van der Waals surface area (Å²) in [4.78, 5) is 19.5. The predicted octanol–water partition coefficient (Wildman–Crippen LogP) is 4.99. The van der Waals surface area contributed by atoms with E-state index in [0.717, 1.165) is 16.9 Å². The SMILES string of the molecule is O=C(O)Cc1cnc(-c2ccccc2)c(Cc2nc3c(F)c(F)cc(F)c3s2)c1. The van der Waals surface area contributed by atoms with Gasteiger partial charge in [0, 0.05) is 24.2 Å². The van der Waals surface area contributed by atoms with Gasteiger partial charge in [-0.05, 0) is 11.1 Å². The molecule has 4 rings (SSSR count). The van der Waals surface area contributed by atoms with Gasteiger partial charge in [0.05, 0.1) is 21.8 Å². The number of thiazole rings is 1. The maximum absolute atomic E-state index is 14.0. The molecular weight excluding hydrogens is 401 g/mol. The average molecular weight is 414 g/mol. The second kappa shape index (κ2) is 7.63. The van der Waals surface area contributed by atoms with E-state index in [4.69, 9.17) is 5.11 Å². The van der Waals surface area contributed by atoms with Gasteiger partial charge >= 0.3 is 5.97 Å². The van der Waals surface area contributed by atoms with Crippen LogP contribution < -0.4 is 0 Å². The molecule has 2 heterocycles. The molecule has 0 unspecified atom stereocenters. The summed E-state index contributed by atoms with van der Waals surface area (Å²) < 4.78 is 41.5. The van der Waals surface area contributed by atoms with Crippen molar-refractivity contribution in [2.24, 2.45) is 0 Å². The molecule has 0 aliphatic carbocycles. The van der Waals surface area contributed by atoms with Crippen LogP contribution in [0.1, 0.15) is 16.1 Å². The fourth-order valence-electron chi connectivity index (χ4n) is 3.09. The summed E-state index contributed by atoms with van der Waals surface area (Å²) in [6.07, 6.45) is 1.46. The summed E-state index contributed by atoms with van der Waals surface area (Å²) in [5.74, 6) is -4.35. The Hall–Kier alpha value is -3.26. The van der Waals surface area contributed by atoms with Crippen LogP contribution in [-0.4, -0.2) is 21.0 Å². The molecular formula is C21H13F3N2O2S. The highest BCUT2D eigenvalue weighted by atomic mass is 32.1. The molecule has 8 heteroatoms. The molecule has 0 spiro atoms. The molecule has 0 bridgehead atoms. The van der Waals surface area contributed by atoms with Crippen LogP contribution in [0, 0.1) is 17.5 Å². The topological polar surface area (TPSA) is 63.1 Å². The molecule has 0 amide bonds. The molecule has 2 aromatic carbocycles. The quantitative estimate of drug-likeness (QED) is 0.467. The summed E-state index contributed by atoms with van der Waals surface area (Å²) in [7, 11) is 0. The number of aliphatic carboxylic acids is 1. The van der Waals surface area contributed by atoms with Gasteiger partial charge in [-0.2, -0.15) is 0 Å². The predicted molar refractivity (Wildman–Crippen MR) is 103 cm³/mol. The second-order valence-corrected chi connectivity index (χ2v) is 7.49. The van der Waals surface area contributed by atoms with Crippen molar-refractivity contribution in [1.29, 1.82) is 0 Å². The summed E-state index contributed by atoms with van der Waals surface area (Å²) in [6, 6.07) is 11.5. The zero-order chi connectivity index (χ0) is 20.5. The van der Waals surface area contributed by atoms with Crippen molar-refractivity contribution < 1.29 is 23.1 Å². The van der Waals surface area contributed by atoms with Gasteiger partial charge in [-0.25, -0.2) is 18.2 Å². The Kier molecular flexibility index (Phi) is 5.02. The molecule has 2 aromatic heterocycles. The molecule has 0 aliphatic rings. The van der Waals surface area contributed by atoms with Crippen molar-refractivity contribution >= 4 is 27.5 Å². The third-order valence-corrected chi connectivity index (χ3v) is 5.39. The Balaban J connectivity index is 1.81. The summed E-state index contributed by atoms with van der Waals surface area (Å²) >= 11 is 0.928. The van der Waals surface area contributed by atoms with E-state index in [-0.39, 0.29) is 23.1 Å². The number of aromatic nitrogens is 2. The Labute approximate surface area is 167 Å². The van der Waals surface area contributed by atoms with Crippen LogP contribution >= 0.6 is 11.3 Å². The van der Waals surface area contributed by atoms with Crippen LogP contribution in [0.3, 0.4) is 0 Å². The summed E-state index contributed by atoms with van der Waals surface area (Å²) in [6.45, 7) is 0. The zero-order valence-corrected chi connectivity index (χ0v) is 15.6. The second-order valence-electron chi connectivity index (χ2n) is 6.40. The number of hydrogen-bond donors (Lipinski definition) is 1. The van der Waals surface area contributed by atoms with Gasteiger partial charge in [0.1, 0.15) is 11.3 Å². The lowest BCUT2D eigenvalue weighted by Crippen LogP contribution is -2.03. The van der Waals surface area contributed by atoms with Gasteiger partial charge in [0.2, 0.25) is 0 Å². The van der Waals surface area contributed by atoms with Gasteiger partial charge in [0.25, 0.3) is 0 Å². The minimum Gasteiger partial charge on any atom is -0.481 e. The Morgan fingerprint density at radius 3 is 2.55 bits per heavy atom. The van der Waals surface area contributed by atoms with Gasteiger partial charge in [-0.3, -0.25) is 9.78 Å². The molecule has 0 fully saturated rings. The lowest BCUT2D eigenvalue weighted by Gasteiger charge is -2.10. The largest absolute Gasteiger partial charge is 0.481 e. The fourth-order valence-corrected chi connectivity index (χ4v) is 4.08. The number of nitrogens with zero attached hydrogens (tertiary/aromatic N) is 2. The van der Waals surface area contributed by atoms with E-state index >= 15 is 0 Å². The van der Waals surface area contributed by atoms with Crippen molar-refractivity contribution in [3.05, 3.63) is 82.2 Å². The van der Waals surface area contributed by atoms with E-state index in [1.807, 2.05) is 30.3 Å². The maximum atomic E-state index is 14.0. The highest BCUT2D eigenvalue weighted by molar-refractivity contribution is 7.18. The molecule has 4 aromatic rings. The van der Waals surface area contributed by atoms with Gasteiger partial charge < -0.3 is 5.11 Å². The molecule has 0 saturated heterocycles. The number of carbonyl (C=O) groups is 1. The van der Waals surface area contributed by atoms with Gasteiger partial charge in [-0.15, -0.1) is 11.3 Å². The van der Waals surface area contributed by atoms with E-state index < -0.39 is 23.4 Å². The first kappa shape index (κ1) is 19.1. The van der Waals surface area contributed by atoms with E-state index in [9.17, 15) is 18.0 Å². The number of carboxylic acid groups (broad SMARTS) is 1. The standard InChI is InChI=1S/C21H13F3N2O2S/c22-14-9-15(23)21-20(18(14)24)26-16(29-21)8-13-6-11(7-17(27)28)10-25-19(13)12-4-2-1-3-5-12/h1-6,9-10H,7-8H2,(H,27,28). The molecule has 4 nitrogen and oxygen atoms in total. The Morgan fingerprint density at radius 2 is 1.83 bits per heavy atom. The lowest BCUT2D eigenvalue weighted by atomic mass is 10.0. The number of pyridine rings is 1. The minimum absolute atomic E-state index is 0.0604. The molecule has 146 valence electrons. The third kappa shape index (κ3) is 3.84. The number of rotatable bonds is 5. The molecule has 0 atom stereocenters. The number of benzene rings is 2. The maximum Gasteiger partial charge on any atom is 0.307 e. The van der Waals surface area contributed by atoms with Crippen LogP contribution in [-0.2, 0) is 17.6 Å². The van der Waals surface area contributed by atoms with Crippen molar-refractivity contribution in [1.82, 2.24) is 9.97 Å². The van der Waals surface area contributed by atoms with E-state index in [1.165, 1.54) is 6.20 Å². The van der Waals surface area contributed by atoms with Crippen LogP contribution in [0.25, 0.3) is 21.5 Å².